The Morgan fingerprint density at radius 2 is 2.36 bits per heavy atom. The van der Waals surface area contributed by atoms with Crippen molar-refractivity contribution in [3.63, 3.8) is 0 Å². The first-order valence-electron chi connectivity index (χ1n) is 3.11. The molecular formula is C6H8N4O. The molecule has 0 aliphatic heterocycles. The first-order valence-corrected chi connectivity index (χ1v) is 3.11. The molecular weight excluding hydrogens is 144 g/mol. The number of anilines is 1. The van der Waals surface area contributed by atoms with Gasteiger partial charge in [-0.25, -0.2) is 0 Å². The van der Waals surface area contributed by atoms with Crippen LogP contribution in [0, 0.1) is 11.3 Å². The van der Waals surface area contributed by atoms with Crippen LogP contribution < -0.4 is 4.90 Å². The van der Waals surface area contributed by atoms with Gasteiger partial charge in [0.1, 0.15) is 6.42 Å². The van der Waals surface area contributed by atoms with Crippen LogP contribution in [-0.2, 0) is 6.42 Å². The minimum atomic E-state index is 0.167. The van der Waals surface area contributed by atoms with Crippen molar-refractivity contribution in [2.24, 2.45) is 0 Å². The standard InChI is InChI=1S/C6H8N4O/c1-10(2)6-8-5(3-4-7)11-9-6/h3H2,1-2H3. The molecule has 1 rings (SSSR count). The Morgan fingerprint density at radius 3 is 2.82 bits per heavy atom. The van der Waals surface area contributed by atoms with E-state index in [0.717, 1.165) is 0 Å². The van der Waals surface area contributed by atoms with Crippen molar-refractivity contribution in [1.82, 2.24) is 10.1 Å². The average molecular weight is 152 g/mol. The monoisotopic (exact) mass is 152 g/mol. The van der Waals surface area contributed by atoms with Crippen molar-refractivity contribution in [2.75, 3.05) is 19.0 Å². The van der Waals surface area contributed by atoms with Gasteiger partial charge in [-0.2, -0.15) is 10.2 Å². The molecule has 0 amide bonds. The van der Waals surface area contributed by atoms with Gasteiger partial charge in [-0.05, 0) is 5.16 Å². The van der Waals surface area contributed by atoms with Crippen molar-refractivity contribution in [2.45, 2.75) is 6.42 Å². The molecule has 0 bridgehead atoms. The summed E-state index contributed by atoms with van der Waals surface area (Å²) in [5.41, 5.74) is 0. The SMILES string of the molecule is CN(C)c1noc(CC#N)n1. The average Bonchev–Trinajstić information content (AvgIpc) is 2.37. The Morgan fingerprint density at radius 1 is 1.64 bits per heavy atom. The molecule has 0 aliphatic carbocycles. The van der Waals surface area contributed by atoms with Crippen LogP contribution in [0.25, 0.3) is 0 Å². The minimum absolute atomic E-state index is 0.167. The van der Waals surface area contributed by atoms with Crippen molar-refractivity contribution < 1.29 is 4.52 Å². The fourth-order valence-electron chi connectivity index (χ4n) is 0.567. The van der Waals surface area contributed by atoms with E-state index in [1.54, 1.807) is 19.0 Å². The lowest BCUT2D eigenvalue weighted by Crippen LogP contribution is -2.10. The summed E-state index contributed by atoms with van der Waals surface area (Å²) in [4.78, 5) is 5.64. The van der Waals surface area contributed by atoms with Gasteiger partial charge in [0.15, 0.2) is 0 Å². The smallest absolute Gasteiger partial charge is 0.265 e. The van der Waals surface area contributed by atoms with Gasteiger partial charge in [0.25, 0.3) is 5.95 Å². The molecule has 0 unspecified atom stereocenters. The van der Waals surface area contributed by atoms with Gasteiger partial charge in [0, 0.05) is 14.1 Å². The van der Waals surface area contributed by atoms with Crippen LogP contribution in [0.5, 0.6) is 0 Å². The summed E-state index contributed by atoms with van der Waals surface area (Å²) in [7, 11) is 3.61. The second-order valence-corrected chi connectivity index (χ2v) is 2.22. The zero-order valence-electron chi connectivity index (χ0n) is 6.40. The third-order valence-corrected chi connectivity index (χ3v) is 1.09. The van der Waals surface area contributed by atoms with E-state index >= 15 is 0 Å². The number of nitriles is 1. The van der Waals surface area contributed by atoms with E-state index in [1.165, 1.54) is 0 Å². The lowest BCUT2D eigenvalue weighted by Gasteiger charge is -2.01. The van der Waals surface area contributed by atoms with E-state index in [9.17, 15) is 0 Å². The van der Waals surface area contributed by atoms with Gasteiger partial charge in [0.2, 0.25) is 5.89 Å². The molecule has 0 fully saturated rings. The topological polar surface area (TPSA) is 66.0 Å². The Hall–Kier alpha value is -1.57. The molecule has 0 saturated carbocycles. The molecule has 1 aromatic heterocycles. The molecule has 0 atom stereocenters. The highest BCUT2D eigenvalue weighted by molar-refractivity contribution is 5.23. The van der Waals surface area contributed by atoms with Crippen molar-refractivity contribution in [1.29, 1.82) is 5.26 Å². The molecule has 58 valence electrons. The van der Waals surface area contributed by atoms with Gasteiger partial charge in [0.05, 0.1) is 6.07 Å². The molecule has 0 radical (unpaired) electrons. The summed E-state index contributed by atoms with van der Waals surface area (Å²) in [6.45, 7) is 0. The van der Waals surface area contributed by atoms with Gasteiger partial charge in [-0.3, -0.25) is 0 Å². The lowest BCUT2D eigenvalue weighted by atomic mass is 10.5. The lowest BCUT2D eigenvalue weighted by molar-refractivity contribution is 0.387. The Kier molecular flexibility index (Phi) is 2.06. The highest BCUT2D eigenvalue weighted by Crippen LogP contribution is 2.04. The summed E-state index contributed by atoms with van der Waals surface area (Å²) in [5.74, 6) is 0.853. The fourth-order valence-corrected chi connectivity index (χ4v) is 0.567. The zero-order valence-corrected chi connectivity index (χ0v) is 6.40. The zero-order chi connectivity index (χ0) is 8.27. The third-order valence-electron chi connectivity index (χ3n) is 1.09. The first-order chi connectivity index (χ1) is 5.24. The van der Waals surface area contributed by atoms with Crippen LogP contribution >= 0.6 is 0 Å². The highest BCUT2D eigenvalue weighted by atomic mass is 16.5. The van der Waals surface area contributed by atoms with Crippen molar-refractivity contribution in [3.8, 4) is 6.07 Å². The predicted octanol–water partition coefficient (Wildman–Crippen LogP) is 0.202. The second kappa shape index (κ2) is 3.01. The molecule has 0 spiro atoms. The van der Waals surface area contributed by atoms with E-state index in [1.807, 2.05) is 6.07 Å². The number of nitrogens with zero attached hydrogens (tertiary/aromatic N) is 4. The fraction of sp³-hybridized carbons (Fsp3) is 0.500. The van der Waals surface area contributed by atoms with Gasteiger partial charge < -0.3 is 9.42 Å². The van der Waals surface area contributed by atoms with Crippen LogP contribution in [0.2, 0.25) is 0 Å². The highest BCUT2D eigenvalue weighted by Gasteiger charge is 2.05. The van der Waals surface area contributed by atoms with Crippen molar-refractivity contribution >= 4 is 5.95 Å². The molecule has 0 saturated heterocycles. The minimum Gasteiger partial charge on any atom is -0.344 e. The second-order valence-electron chi connectivity index (χ2n) is 2.22. The normalized spacial score (nSPS) is 9.18. The Bertz CT molecular complexity index is 272. The van der Waals surface area contributed by atoms with E-state index < -0.39 is 0 Å². The van der Waals surface area contributed by atoms with Crippen LogP contribution in [0.4, 0.5) is 5.95 Å². The largest absolute Gasteiger partial charge is 0.344 e. The van der Waals surface area contributed by atoms with E-state index in [0.29, 0.717) is 11.8 Å². The van der Waals surface area contributed by atoms with Gasteiger partial charge in [-0.15, -0.1) is 0 Å². The van der Waals surface area contributed by atoms with Crippen LogP contribution in [0.1, 0.15) is 5.89 Å². The molecule has 5 heteroatoms. The molecule has 1 aromatic rings. The molecule has 11 heavy (non-hydrogen) atoms. The first kappa shape index (κ1) is 7.54. The van der Waals surface area contributed by atoms with Crippen molar-refractivity contribution in [3.05, 3.63) is 5.89 Å². The summed E-state index contributed by atoms with van der Waals surface area (Å²) in [6, 6.07) is 1.92. The van der Waals surface area contributed by atoms with Gasteiger partial charge >= 0.3 is 0 Å². The van der Waals surface area contributed by atoms with Crippen LogP contribution in [0.15, 0.2) is 4.52 Å². The van der Waals surface area contributed by atoms with Gasteiger partial charge in [-0.1, -0.05) is 0 Å². The summed E-state index contributed by atoms with van der Waals surface area (Å²) >= 11 is 0. The Labute approximate surface area is 64.2 Å². The maximum Gasteiger partial charge on any atom is 0.265 e. The quantitative estimate of drug-likeness (QED) is 0.605. The Balaban J connectivity index is 2.75. The molecule has 5 nitrogen and oxygen atoms in total. The molecule has 0 aromatic carbocycles. The van der Waals surface area contributed by atoms with Crippen LogP contribution in [-0.4, -0.2) is 24.2 Å². The molecule has 0 N–H and O–H groups in total. The maximum absolute atomic E-state index is 8.28. The molecule has 0 aliphatic rings. The van der Waals surface area contributed by atoms with E-state index in [-0.39, 0.29) is 6.42 Å². The number of hydrogen-bond donors (Lipinski definition) is 0. The third kappa shape index (κ3) is 1.67. The number of rotatable bonds is 2. The summed E-state index contributed by atoms with van der Waals surface area (Å²) in [6.07, 6.45) is 0.167. The van der Waals surface area contributed by atoms with E-state index in [2.05, 4.69) is 10.1 Å². The number of aromatic nitrogens is 2. The molecule has 1 heterocycles. The summed E-state index contributed by atoms with van der Waals surface area (Å²) in [5, 5.41) is 11.9. The number of hydrogen-bond acceptors (Lipinski definition) is 5. The van der Waals surface area contributed by atoms with Crippen LogP contribution in [0.3, 0.4) is 0 Å². The van der Waals surface area contributed by atoms with E-state index in [4.69, 9.17) is 9.78 Å². The maximum atomic E-state index is 8.28. The summed E-state index contributed by atoms with van der Waals surface area (Å²) < 4.78 is 4.74. The predicted molar refractivity (Wildman–Crippen MR) is 37.9 cm³/mol.